The lowest BCUT2D eigenvalue weighted by atomic mass is 9.97. The summed E-state index contributed by atoms with van der Waals surface area (Å²) >= 11 is 8.04. The summed E-state index contributed by atoms with van der Waals surface area (Å²) in [6.45, 7) is 11.1. The third kappa shape index (κ3) is 8.64. The predicted octanol–water partition coefficient (Wildman–Crippen LogP) is 6.58. The third-order valence-electron chi connectivity index (χ3n) is 6.35. The molecule has 1 aliphatic carbocycles. The summed E-state index contributed by atoms with van der Waals surface area (Å²) in [5.74, 6) is 0.00848. The maximum atomic E-state index is 14.2. The molecule has 9 heteroatoms. The molecule has 0 saturated heterocycles. The average molecular weight is 574 g/mol. The van der Waals surface area contributed by atoms with Crippen LogP contribution in [0.15, 0.2) is 36.4 Å². The van der Waals surface area contributed by atoms with Crippen LogP contribution in [0.25, 0.3) is 0 Å². The maximum Gasteiger partial charge on any atom is 0.408 e. The molecule has 2 aromatic rings. The fraction of sp³-hybridized carbons (Fsp3) is 0.500. The van der Waals surface area contributed by atoms with Gasteiger partial charge < -0.3 is 20.3 Å². The first-order valence-corrected chi connectivity index (χ1v) is 15.0. The number of carbonyl (C=O) groups is 3. The summed E-state index contributed by atoms with van der Waals surface area (Å²) < 4.78 is 5.46. The number of alkyl carbamates (subject to hydrolysis) is 1. The van der Waals surface area contributed by atoms with Gasteiger partial charge in [0, 0.05) is 6.04 Å². The van der Waals surface area contributed by atoms with Crippen molar-refractivity contribution in [3.05, 3.63) is 63.7 Å². The number of carbonyl (C=O) groups excluding carboxylic acids is 3. The van der Waals surface area contributed by atoms with Crippen LogP contribution in [-0.4, -0.2) is 52.5 Å². The molecule has 7 nitrogen and oxygen atoms in total. The van der Waals surface area contributed by atoms with Crippen LogP contribution >= 0.6 is 23.4 Å². The van der Waals surface area contributed by atoms with Crippen LogP contribution in [-0.2, 0) is 14.3 Å². The van der Waals surface area contributed by atoms with Crippen LogP contribution in [0, 0.1) is 20.8 Å². The summed E-state index contributed by atoms with van der Waals surface area (Å²) in [6.07, 6.45) is 3.27. The van der Waals surface area contributed by atoms with Crippen LogP contribution in [0.5, 0.6) is 0 Å². The van der Waals surface area contributed by atoms with Gasteiger partial charge in [0.15, 0.2) is 0 Å². The van der Waals surface area contributed by atoms with E-state index in [4.69, 9.17) is 16.3 Å². The largest absolute Gasteiger partial charge is 0.444 e. The Morgan fingerprint density at radius 2 is 1.74 bits per heavy atom. The van der Waals surface area contributed by atoms with Crippen LogP contribution < -0.4 is 10.6 Å². The molecule has 2 unspecified atom stereocenters. The van der Waals surface area contributed by atoms with Crippen molar-refractivity contribution in [2.45, 2.75) is 84.5 Å². The van der Waals surface area contributed by atoms with Gasteiger partial charge in [0.2, 0.25) is 5.91 Å². The molecule has 0 aliphatic heterocycles. The molecular formula is C30H40ClN3O4S. The smallest absolute Gasteiger partial charge is 0.408 e. The van der Waals surface area contributed by atoms with Crippen LogP contribution in [0.1, 0.15) is 68.3 Å². The van der Waals surface area contributed by atoms with E-state index in [-0.39, 0.29) is 17.9 Å². The SMILES string of the molecule is CSCCC(NC(=O)OC(C)(C)C)C(=O)N(C1CC1)C(C(=O)Nc1c(C)cccc1Cl)c1cc(C)cc(C)c1. The number of hydrogen-bond donors (Lipinski definition) is 2. The Bertz CT molecular complexity index is 1170. The number of rotatable bonds is 10. The molecule has 0 spiro atoms. The van der Waals surface area contributed by atoms with E-state index in [1.165, 1.54) is 0 Å². The van der Waals surface area contributed by atoms with E-state index in [1.807, 2.05) is 57.4 Å². The summed E-state index contributed by atoms with van der Waals surface area (Å²) in [4.78, 5) is 42.7. The maximum absolute atomic E-state index is 14.2. The summed E-state index contributed by atoms with van der Waals surface area (Å²) in [5.41, 5.74) is 3.34. The lowest BCUT2D eigenvalue weighted by molar-refractivity contribution is -0.141. The molecule has 0 heterocycles. The van der Waals surface area contributed by atoms with Gasteiger partial charge in [0.25, 0.3) is 5.91 Å². The zero-order chi connectivity index (χ0) is 28.9. The first-order valence-electron chi connectivity index (χ1n) is 13.3. The molecule has 1 fully saturated rings. The van der Waals surface area contributed by atoms with E-state index >= 15 is 0 Å². The highest BCUT2D eigenvalue weighted by Gasteiger charge is 2.44. The summed E-state index contributed by atoms with van der Waals surface area (Å²) in [6, 6.07) is 9.49. The highest BCUT2D eigenvalue weighted by atomic mass is 35.5. The van der Waals surface area contributed by atoms with Gasteiger partial charge in [-0.05, 0) is 90.0 Å². The minimum atomic E-state index is -0.906. The fourth-order valence-corrected chi connectivity index (χ4v) is 5.32. The second-order valence-electron chi connectivity index (χ2n) is 11.2. The number of amides is 3. The number of nitrogens with one attached hydrogen (secondary N) is 2. The Kier molecular flexibility index (Phi) is 10.4. The Labute approximate surface area is 241 Å². The van der Waals surface area contributed by atoms with Crippen molar-refractivity contribution in [3.63, 3.8) is 0 Å². The topological polar surface area (TPSA) is 87.7 Å². The van der Waals surface area contributed by atoms with Gasteiger partial charge >= 0.3 is 6.09 Å². The number of hydrogen-bond acceptors (Lipinski definition) is 5. The van der Waals surface area contributed by atoms with E-state index in [1.54, 1.807) is 43.5 Å². The Hall–Kier alpha value is -2.71. The highest BCUT2D eigenvalue weighted by Crippen LogP contribution is 2.37. The van der Waals surface area contributed by atoms with Crippen molar-refractivity contribution >= 4 is 47.0 Å². The minimum absolute atomic E-state index is 0.112. The number of halogens is 1. The molecule has 1 saturated carbocycles. The standard InChI is InChI=1S/C30H40ClN3O4S/c1-18-15-19(2)17-21(16-18)26(27(35)33-25-20(3)9-8-10-23(25)31)34(22-11-12-22)28(36)24(13-14-39-7)32-29(37)38-30(4,5)6/h8-10,15-17,22,24,26H,11-14H2,1-7H3,(H,32,37)(H,33,35). The second-order valence-corrected chi connectivity index (χ2v) is 12.6. The van der Waals surface area contributed by atoms with Crippen molar-refractivity contribution in [2.75, 3.05) is 17.3 Å². The van der Waals surface area contributed by atoms with E-state index < -0.39 is 23.8 Å². The average Bonchev–Trinajstić information content (AvgIpc) is 3.65. The van der Waals surface area contributed by atoms with Crippen molar-refractivity contribution in [1.29, 1.82) is 0 Å². The molecule has 0 aromatic heterocycles. The molecule has 1 aliphatic rings. The lowest BCUT2D eigenvalue weighted by Gasteiger charge is -2.35. The number of nitrogens with zero attached hydrogens (tertiary/aromatic N) is 1. The van der Waals surface area contributed by atoms with E-state index in [0.29, 0.717) is 22.9 Å². The third-order valence-corrected chi connectivity index (χ3v) is 7.31. The summed E-state index contributed by atoms with van der Waals surface area (Å²) in [7, 11) is 0. The Balaban J connectivity index is 2.04. The zero-order valence-electron chi connectivity index (χ0n) is 23.9. The molecule has 2 aromatic carbocycles. The minimum Gasteiger partial charge on any atom is -0.444 e. The van der Waals surface area contributed by atoms with Crippen molar-refractivity contribution in [1.82, 2.24) is 10.2 Å². The van der Waals surface area contributed by atoms with Crippen molar-refractivity contribution in [2.24, 2.45) is 0 Å². The zero-order valence-corrected chi connectivity index (χ0v) is 25.5. The molecule has 2 N–H and O–H groups in total. The second kappa shape index (κ2) is 13.1. The highest BCUT2D eigenvalue weighted by molar-refractivity contribution is 7.98. The van der Waals surface area contributed by atoms with Gasteiger partial charge in [0.05, 0.1) is 10.7 Å². The molecule has 212 valence electrons. The van der Waals surface area contributed by atoms with Crippen LogP contribution in [0.4, 0.5) is 10.5 Å². The molecular weight excluding hydrogens is 534 g/mol. The lowest BCUT2D eigenvalue weighted by Crippen LogP contribution is -2.53. The quantitative estimate of drug-likeness (QED) is 0.335. The monoisotopic (exact) mass is 573 g/mol. The Morgan fingerprint density at radius 1 is 1.10 bits per heavy atom. The number of para-hydroxylation sites is 1. The van der Waals surface area contributed by atoms with Gasteiger partial charge in [-0.25, -0.2) is 4.79 Å². The normalized spacial score (nSPS) is 14.8. The van der Waals surface area contributed by atoms with Gasteiger partial charge in [-0.2, -0.15) is 11.8 Å². The fourth-order valence-electron chi connectivity index (χ4n) is 4.58. The van der Waals surface area contributed by atoms with E-state index in [0.717, 1.165) is 35.1 Å². The molecule has 0 bridgehead atoms. The van der Waals surface area contributed by atoms with Crippen LogP contribution in [0.3, 0.4) is 0 Å². The molecule has 39 heavy (non-hydrogen) atoms. The first-order chi connectivity index (χ1) is 18.3. The summed E-state index contributed by atoms with van der Waals surface area (Å²) in [5, 5.41) is 6.22. The van der Waals surface area contributed by atoms with Gasteiger partial charge in [-0.15, -0.1) is 0 Å². The van der Waals surface area contributed by atoms with Crippen molar-refractivity contribution in [3.8, 4) is 0 Å². The van der Waals surface area contributed by atoms with Gasteiger partial charge in [-0.1, -0.05) is 53.1 Å². The Morgan fingerprint density at radius 3 is 2.28 bits per heavy atom. The number of benzene rings is 2. The van der Waals surface area contributed by atoms with Gasteiger partial charge in [-0.3, -0.25) is 9.59 Å². The molecule has 3 amide bonds. The predicted molar refractivity (Wildman–Crippen MR) is 160 cm³/mol. The molecule has 3 rings (SSSR count). The van der Waals surface area contributed by atoms with Crippen molar-refractivity contribution < 1.29 is 19.1 Å². The number of thioether (sulfide) groups is 1. The van der Waals surface area contributed by atoms with Crippen LogP contribution in [0.2, 0.25) is 5.02 Å². The number of anilines is 1. The first kappa shape index (κ1) is 30.8. The molecule has 2 atom stereocenters. The number of ether oxygens (including phenoxy) is 1. The van der Waals surface area contributed by atoms with Gasteiger partial charge in [0.1, 0.15) is 17.7 Å². The van der Waals surface area contributed by atoms with E-state index in [9.17, 15) is 14.4 Å². The van der Waals surface area contributed by atoms with E-state index in [2.05, 4.69) is 10.6 Å². The molecule has 0 radical (unpaired) electrons. The number of aryl methyl sites for hydroxylation is 3.